The summed E-state index contributed by atoms with van der Waals surface area (Å²) in [5.41, 5.74) is -0.553. The molecule has 1 saturated carbocycles. The summed E-state index contributed by atoms with van der Waals surface area (Å²) >= 11 is 0. The van der Waals surface area contributed by atoms with Crippen molar-refractivity contribution in [2.75, 3.05) is 0 Å². The minimum Gasteiger partial charge on any atom is -0.481 e. The summed E-state index contributed by atoms with van der Waals surface area (Å²) in [6, 6.07) is 0. The molecule has 0 unspecified atom stereocenters. The highest BCUT2D eigenvalue weighted by Crippen LogP contribution is 2.43. The zero-order valence-electron chi connectivity index (χ0n) is 8.95. The van der Waals surface area contributed by atoms with Gasteiger partial charge in [-0.1, -0.05) is 12.8 Å². The molecule has 1 aromatic heterocycles. The van der Waals surface area contributed by atoms with Gasteiger partial charge in [-0.2, -0.15) is 5.10 Å². The van der Waals surface area contributed by atoms with E-state index in [1.165, 1.54) is 0 Å². The van der Waals surface area contributed by atoms with Gasteiger partial charge in [0.05, 0.1) is 6.42 Å². The van der Waals surface area contributed by atoms with E-state index in [0.29, 0.717) is 12.2 Å². The molecule has 0 atom stereocenters. The zero-order chi connectivity index (χ0) is 11.6. The molecule has 1 aliphatic carbocycles. The Morgan fingerprint density at radius 2 is 2.12 bits per heavy atom. The number of H-pyrrole nitrogens is 2. The van der Waals surface area contributed by atoms with Crippen LogP contribution in [0.1, 0.15) is 37.9 Å². The highest BCUT2D eigenvalue weighted by Gasteiger charge is 2.37. The number of aromatic amines is 2. The number of hydrogen-bond donors (Lipinski definition) is 3. The number of aromatic nitrogens is 3. The Morgan fingerprint density at radius 3 is 2.62 bits per heavy atom. The number of carbonyl (C=O) groups is 1. The highest BCUT2D eigenvalue weighted by molar-refractivity contribution is 5.67. The van der Waals surface area contributed by atoms with Gasteiger partial charge in [0.15, 0.2) is 0 Å². The van der Waals surface area contributed by atoms with E-state index in [-0.39, 0.29) is 17.5 Å². The molecule has 0 aliphatic heterocycles. The molecule has 0 radical (unpaired) electrons. The third-order valence-electron chi connectivity index (χ3n) is 3.28. The van der Waals surface area contributed by atoms with Crippen molar-refractivity contribution < 1.29 is 9.90 Å². The number of carboxylic acid groups (broad SMARTS) is 1. The van der Waals surface area contributed by atoms with Gasteiger partial charge >= 0.3 is 11.7 Å². The smallest absolute Gasteiger partial charge is 0.340 e. The topological polar surface area (TPSA) is 98.8 Å². The third-order valence-corrected chi connectivity index (χ3v) is 3.28. The van der Waals surface area contributed by atoms with Gasteiger partial charge in [-0.25, -0.2) is 9.89 Å². The fraction of sp³-hybridized carbons (Fsp3) is 0.700. The van der Waals surface area contributed by atoms with Crippen molar-refractivity contribution in [1.82, 2.24) is 15.2 Å². The van der Waals surface area contributed by atoms with E-state index in [4.69, 9.17) is 5.11 Å². The van der Waals surface area contributed by atoms with Gasteiger partial charge < -0.3 is 5.11 Å². The van der Waals surface area contributed by atoms with Gasteiger partial charge in [0.25, 0.3) is 0 Å². The van der Waals surface area contributed by atoms with E-state index in [1.807, 2.05) is 0 Å². The van der Waals surface area contributed by atoms with Crippen LogP contribution >= 0.6 is 0 Å². The minimum absolute atomic E-state index is 0.155. The van der Waals surface area contributed by atoms with Gasteiger partial charge in [0, 0.05) is 6.42 Å². The molecule has 2 rings (SSSR count). The molecule has 0 saturated heterocycles. The molecule has 1 aliphatic rings. The molecule has 0 spiro atoms. The van der Waals surface area contributed by atoms with E-state index >= 15 is 0 Å². The number of rotatable bonds is 4. The quantitative estimate of drug-likeness (QED) is 0.701. The maximum atomic E-state index is 10.9. The van der Waals surface area contributed by atoms with E-state index < -0.39 is 5.97 Å². The van der Waals surface area contributed by atoms with Crippen molar-refractivity contribution in [3.05, 3.63) is 16.3 Å². The molecule has 1 aromatic rings. The predicted octanol–water partition coefficient (Wildman–Crippen LogP) is 0.676. The van der Waals surface area contributed by atoms with Crippen LogP contribution in [0.4, 0.5) is 0 Å². The van der Waals surface area contributed by atoms with Crippen LogP contribution in [0.2, 0.25) is 0 Å². The van der Waals surface area contributed by atoms with E-state index in [9.17, 15) is 9.59 Å². The van der Waals surface area contributed by atoms with Crippen molar-refractivity contribution >= 4 is 5.97 Å². The lowest BCUT2D eigenvalue weighted by Crippen LogP contribution is -2.24. The number of nitrogens with one attached hydrogen (secondary N) is 2. The summed E-state index contributed by atoms with van der Waals surface area (Å²) in [4.78, 5) is 24.3. The fourth-order valence-electron chi connectivity index (χ4n) is 2.61. The molecular formula is C10H15N3O3. The van der Waals surface area contributed by atoms with E-state index in [1.54, 1.807) is 0 Å². The lowest BCUT2D eigenvalue weighted by atomic mass is 9.79. The standard InChI is InChI=1S/C10H15N3O3/c14-8(15)6-10(3-1-2-4-10)5-7-11-9(16)13-12-7/h1-6H2,(H,14,15)(H2,11,12,13,16). The molecule has 6 nitrogen and oxygen atoms in total. The van der Waals surface area contributed by atoms with E-state index in [2.05, 4.69) is 15.2 Å². The molecule has 0 amide bonds. The van der Waals surface area contributed by atoms with Crippen LogP contribution in [0.15, 0.2) is 4.79 Å². The molecule has 1 fully saturated rings. The monoisotopic (exact) mass is 225 g/mol. The molecule has 88 valence electrons. The largest absolute Gasteiger partial charge is 0.481 e. The lowest BCUT2D eigenvalue weighted by Gasteiger charge is -2.25. The normalized spacial score (nSPS) is 18.8. The second kappa shape index (κ2) is 4.11. The Hall–Kier alpha value is -1.59. The summed E-state index contributed by atoms with van der Waals surface area (Å²) in [5, 5.41) is 15.1. The van der Waals surface area contributed by atoms with Crippen LogP contribution < -0.4 is 5.69 Å². The highest BCUT2D eigenvalue weighted by atomic mass is 16.4. The Labute approximate surface area is 92.1 Å². The van der Waals surface area contributed by atoms with Crippen LogP contribution in [0.3, 0.4) is 0 Å². The first kappa shape index (κ1) is 10.9. The first-order valence-corrected chi connectivity index (χ1v) is 5.45. The first-order chi connectivity index (χ1) is 7.60. The second-order valence-electron chi connectivity index (χ2n) is 4.58. The van der Waals surface area contributed by atoms with Crippen LogP contribution in [-0.2, 0) is 11.2 Å². The summed E-state index contributed by atoms with van der Waals surface area (Å²) in [7, 11) is 0. The number of carboxylic acids is 1. The fourth-order valence-corrected chi connectivity index (χ4v) is 2.61. The van der Waals surface area contributed by atoms with Crippen molar-refractivity contribution in [1.29, 1.82) is 0 Å². The Morgan fingerprint density at radius 1 is 1.44 bits per heavy atom. The van der Waals surface area contributed by atoms with Crippen LogP contribution in [0.5, 0.6) is 0 Å². The zero-order valence-corrected chi connectivity index (χ0v) is 8.95. The van der Waals surface area contributed by atoms with Crippen molar-refractivity contribution in [2.45, 2.75) is 38.5 Å². The lowest BCUT2D eigenvalue weighted by molar-refractivity contribution is -0.139. The average Bonchev–Trinajstić information content (AvgIpc) is 2.76. The van der Waals surface area contributed by atoms with Crippen molar-refractivity contribution in [3.63, 3.8) is 0 Å². The van der Waals surface area contributed by atoms with Crippen molar-refractivity contribution in [2.24, 2.45) is 5.41 Å². The number of hydrogen-bond acceptors (Lipinski definition) is 3. The van der Waals surface area contributed by atoms with E-state index in [0.717, 1.165) is 25.7 Å². The molecule has 0 aromatic carbocycles. The van der Waals surface area contributed by atoms with Crippen LogP contribution in [0.25, 0.3) is 0 Å². The molecule has 3 N–H and O–H groups in total. The Bertz CT molecular complexity index is 429. The minimum atomic E-state index is -0.778. The maximum absolute atomic E-state index is 10.9. The van der Waals surface area contributed by atoms with Crippen LogP contribution in [-0.4, -0.2) is 26.3 Å². The number of aliphatic carboxylic acids is 1. The molecular weight excluding hydrogens is 210 g/mol. The Balaban J connectivity index is 2.13. The van der Waals surface area contributed by atoms with Crippen molar-refractivity contribution in [3.8, 4) is 0 Å². The summed E-state index contributed by atoms with van der Waals surface area (Å²) < 4.78 is 0. The average molecular weight is 225 g/mol. The SMILES string of the molecule is O=C(O)CC1(Cc2n[nH]c(=O)[nH]2)CCCC1. The predicted molar refractivity (Wildman–Crippen MR) is 56.1 cm³/mol. The first-order valence-electron chi connectivity index (χ1n) is 5.45. The van der Waals surface area contributed by atoms with Gasteiger partial charge in [0.2, 0.25) is 0 Å². The third kappa shape index (κ3) is 2.32. The molecule has 16 heavy (non-hydrogen) atoms. The van der Waals surface area contributed by atoms with Crippen LogP contribution in [0, 0.1) is 5.41 Å². The molecule has 0 bridgehead atoms. The van der Waals surface area contributed by atoms with Gasteiger partial charge in [-0.05, 0) is 18.3 Å². The molecule has 1 heterocycles. The summed E-state index contributed by atoms with van der Waals surface area (Å²) in [6.45, 7) is 0. The van der Waals surface area contributed by atoms with Gasteiger partial charge in [0.1, 0.15) is 5.82 Å². The maximum Gasteiger partial charge on any atom is 0.340 e. The molecule has 6 heteroatoms. The summed E-state index contributed by atoms with van der Waals surface area (Å²) in [6.07, 6.45) is 4.60. The number of nitrogens with zero attached hydrogens (tertiary/aromatic N) is 1. The summed E-state index contributed by atoms with van der Waals surface area (Å²) in [5.74, 6) is -0.215. The Kier molecular flexibility index (Phi) is 2.80. The van der Waals surface area contributed by atoms with Gasteiger partial charge in [-0.3, -0.25) is 9.78 Å². The van der Waals surface area contributed by atoms with Gasteiger partial charge in [-0.15, -0.1) is 0 Å². The second-order valence-corrected chi connectivity index (χ2v) is 4.58.